The minimum Gasteiger partial charge on any atom is -0.338 e. The molecule has 1 aliphatic rings. The van der Waals surface area contributed by atoms with Crippen LogP contribution in [0.25, 0.3) is 0 Å². The molecule has 1 aromatic heterocycles. The number of hydrogen-bond donors (Lipinski definition) is 1. The van der Waals surface area contributed by atoms with Crippen molar-refractivity contribution in [2.45, 2.75) is 38.1 Å². The van der Waals surface area contributed by atoms with E-state index in [0.717, 1.165) is 25.1 Å². The summed E-state index contributed by atoms with van der Waals surface area (Å²) in [6.45, 7) is 2.01. The van der Waals surface area contributed by atoms with Gasteiger partial charge >= 0.3 is 0 Å². The number of aryl methyl sites for hydroxylation is 1. The number of hydrogen-bond acceptors (Lipinski definition) is 4. The largest absolute Gasteiger partial charge is 0.338 e. The van der Waals surface area contributed by atoms with Crippen LogP contribution in [-0.2, 0) is 6.42 Å². The Hall–Kier alpha value is -1.68. The molecule has 1 aromatic carbocycles. The molecule has 2 atom stereocenters. The van der Waals surface area contributed by atoms with Crippen LogP contribution in [0.3, 0.4) is 0 Å². The van der Waals surface area contributed by atoms with Crippen molar-refractivity contribution in [2.75, 3.05) is 0 Å². The third kappa shape index (κ3) is 1.82. The summed E-state index contributed by atoms with van der Waals surface area (Å²) in [6.07, 6.45) is 2.95. The van der Waals surface area contributed by atoms with Crippen molar-refractivity contribution < 1.29 is 4.52 Å². The second-order valence-electron chi connectivity index (χ2n) is 4.80. The van der Waals surface area contributed by atoms with Crippen LogP contribution in [0.5, 0.6) is 0 Å². The monoisotopic (exact) mass is 243 g/mol. The highest BCUT2D eigenvalue weighted by Crippen LogP contribution is 2.36. The molecule has 2 aromatic rings. The number of aromatic nitrogens is 2. The van der Waals surface area contributed by atoms with Gasteiger partial charge in [0.25, 0.3) is 0 Å². The zero-order valence-corrected chi connectivity index (χ0v) is 10.5. The summed E-state index contributed by atoms with van der Waals surface area (Å²) in [5.74, 6) is 1.60. The average Bonchev–Trinajstić information content (AvgIpc) is 3.03. The minimum atomic E-state index is -0.150. The molecular weight excluding hydrogens is 226 g/mol. The summed E-state index contributed by atoms with van der Waals surface area (Å²) in [7, 11) is 0. The standard InChI is InChI=1S/C14H17N3O/c1-2-12(15)14-16-13(17-18-14)11-8-7-9-5-3-4-6-10(9)11/h3-6,11-12H,2,7-8,15H2,1H3/t11?,12-/m1/s1. The molecule has 3 rings (SSSR count). The highest BCUT2D eigenvalue weighted by Gasteiger charge is 2.28. The lowest BCUT2D eigenvalue weighted by atomic mass is 10.0. The quantitative estimate of drug-likeness (QED) is 0.899. The van der Waals surface area contributed by atoms with Crippen molar-refractivity contribution in [1.82, 2.24) is 10.1 Å². The maximum Gasteiger partial charge on any atom is 0.243 e. The molecule has 4 nitrogen and oxygen atoms in total. The summed E-state index contributed by atoms with van der Waals surface area (Å²) < 4.78 is 5.26. The first-order chi connectivity index (χ1) is 8.79. The van der Waals surface area contributed by atoms with E-state index in [9.17, 15) is 0 Å². The second-order valence-corrected chi connectivity index (χ2v) is 4.80. The topological polar surface area (TPSA) is 64.9 Å². The van der Waals surface area contributed by atoms with E-state index >= 15 is 0 Å². The molecule has 4 heteroatoms. The van der Waals surface area contributed by atoms with Gasteiger partial charge in [-0.3, -0.25) is 0 Å². The van der Waals surface area contributed by atoms with Gasteiger partial charge < -0.3 is 10.3 Å². The van der Waals surface area contributed by atoms with E-state index in [2.05, 4.69) is 34.4 Å². The molecule has 1 heterocycles. The molecule has 2 N–H and O–H groups in total. The Morgan fingerprint density at radius 3 is 3.11 bits per heavy atom. The number of benzene rings is 1. The first-order valence-corrected chi connectivity index (χ1v) is 6.46. The van der Waals surface area contributed by atoms with E-state index in [1.165, 1.54) is 11.1 Å². The van der Waals surface area contributed by atoms with E-state index in [0.29, 0.717) is 5.89 Å². The van der Waals surface area contributed by atoms with Gasteiger partial charge in [0.05, 0.1) is 6.04 Å². The van der Waals surface area contributed by atoms with Crippen molar-refractivity contribution in [3.63, 3.8) is 0 Å². The van der Waals surface area contributed by atoms with Crippen LogP contribution < -0.4 is 5.73 Å². The number of nitrogens with zero attached hydrogens (tertiary/aromatic N) is 2. The summed E-state index contributed by atoms with van der Waals surface area (Å²) in [5, 5.41) is 4.10. The summed E-state index contributed by atoms with van der Waals surface area (Å²) in [6, 6.07) is 8.32. The maximum absolute atomic E-state index is 5.90. The molecule has 0 saturated carbocycles. The van der Waals surface area contributed by atoms with E-state index in [1.54, 1.807) is 0 Å². The van der Waals surface area contributed by atoms with Crippen LogP contribution in [-0.4, -0.2) is 10.1 Å². The van der Waals surface area contributed by atoms with Gasteiger partial charge in [-0.2, -0.15) is 4.98 Å². The van der Waals surface area contributed by atoms with E-state index in [1.807, 2.05) is 6.92 Å². The molecule has 94 valence electrons. The lowest BCUT2D eigenvalue weighted by molar-refractivity contribution is 0.347. The molecule has 1 aliphatic carbocycles. The van der Waals surface area contributed by atoms with Gasteiger partial charge in [-0.05, 0) is 30.4 Å². The first kappa shape index (κ1) is 11.4. The van der Waals surface area contributed by atoms with Crippen molar-refractivity contribution in [3.8, 4) is 0 Å². The van der Waals surface area contributed by atoms with Crippen molar-refractivity contribution in [1.29, 1.82) is 0 Å². The van der Waals surface area contributed by atoms with Crippen molar-refractivity contribution >= 4 is 0 Å². The van der Waals surface area contributed by atoms with Crippen LogP contribution in [0.15, 0.2) is 28.8 Å². The van der Waals surface area contributed by atoms with Crippen LogP contribution in [0.1, 0.15) is 54.6 Å². The van der Waals surface area contributed by atoms with Crippen molar-refractivity contribution in [2.24, 2.45) is 5.73 Å². The smallest absolute Gasteiger partial charge is 0.243 e. The molecule has 1 unspecified atom stereocenters. The van der Waals surface area contributed by atoms with Gasteiger partial charge in [0.15, 0.2) is 5.82 Å². The van der Waals surface area contributed by atoms with E-state index in [-0.39, 0.29) is 12.0 Å². The van der Waals surface area contributed by atoms with Gasteiger partial charge in [0.1, 0.15) is 0 Å². The normalized spacial score (nSPS) is 19.8. The first-order valence-electron chi connectivity index (χ1n) is 6.46. The molecule has 0 amide bonds. The summed E-state index contributed by atoms with van der Waals surface area (Å²) >= 11 is 0. The van der Waals surface area contributed by atoms with Gasteiger partial charge in [-0.1, -0.05) is 36.3 Å². The number of fused-ring (bicyclic) bond motifs is 1. The Kier molecular flexibility index (Phi) is 2.88. The Labute approximate surface area is 106 Å². The predicted octanol–water partition coefficient (Wildman–Crippen LogP) is 2.56. The molecule has 0 radical (unpaired) electrons. The zero-order chi connectivity index (χ0) is 12.5. The van der Waals surface area contributed by atoms with Crippen LogP contribution in [0.4, 0.5) is 0 Å². The Bertz CT molecular complexity index is 549. The molecule has 0 fully saturated rings. The van der Waals surface area contributed by atoms with Crippen LogP contribution in [0, 0.1) is 0 Å². The zero-order valence-electron chi connectivity index (χ0n) is 10.5. The molecule has 18 heavy (non-hydrogen) atoms. The molecule has 0 aliphatic heterocycles. The van der Waals surface area contributed by atoms with Gasteiger partial charge in [0.2, 0.25) is 5.89 Å². The highest BCUT2D eigenvalue weighted by atomic mass is 16.5. The Morgan fingerprint density at radius 1 is 1.44 bits per heavy atom. The molecule has 0 spiro atoms. The van der Waals surface area contributed by atoms with Gasteiger partial charge in [-0.25, -0.2) is 0 Å². The lowest BCUT2D eigenvalue weighted by Gasteiger charge is -2.05. The lowest BCUT2D eigenvalue weighted by Crippen LogP contribution is -2.09. The minimum absolute atomic E-state index is 0.150. The average molecular weight is 243 g/mol. The van der Waals surface area contributed by atoms with Gasteiger partial charge in [0, 0.05) is 5.92 Å². The number of nitrogens with two attached hydrogens (primary N) is 1. The highest BCUT2D eigenvalue weighted by molar-refractivity contribution is 5.38. The number of rotatable bonds is 3. The summed E-state index contributed by atoms with van der Waals surface area (Å²) in [4.78, 5) is 4.46. The predicted molar refractivity (Wildman–Crippen MR) is 68.1 cm³/mol. The van der Waals surface area contributed by atoms with E-state index in [4.69, 9.17) is 10.3 Å². The van der Waals surface area contributed by atoms with Gasteiger partial charge in [-0.15, -0.1) is 0 Å². The Balaban J connectivity index is 1.91. The molecule has 0 saturated heterocycles. The molecule has 0 bridgehead atoms. The third-order valence-corrected chi connectivity index (χ3v) is 3.66. The fraction of sp³-hybridized carbons (Fsp3) is 0.429. The SMILES string of the molecule is CC[C@@H](N)c1nc(C2CCc3ccccc32)no1. The Morgan fingerprint density at radius 2 is 2.28 bits per heavy atom. The van der Waals surface area contributed by atoms with Crippen LogP contribution >= 0.6 is 0 Å². The van der Waals surface area contributed by atoms with E-state index < -0.39 is 0 Å². The third-order valence-electron chi connectivity index (χ3n) is 3.66. The molecular formula is C14H17N3O. The fourth-order valence-corrected chi connectivity index (χ4v) is 2.54. The fourth-order valence-electron chi connectivity index (χ4n) is 2.54. The summed E-state index contributed by atoms with van der Waals surface area (Å²) in [5.41, 5.74) is 8.63. The van der Waals surface area contributed by atoms with Crippen LogP contribution in [0.2, 0.25) is 0 Å². The van der Waals surface area contributed by atoms with Crippen molar-refractivity contribution in [3.05, 3.63) is 47.1 Å². The second kappa shape index (κ2) is 4.53. The maximum atomic E-state index is 5.90.